The van der Waals surface area contributed by atoms with Gasteiger partial charge in [0, 0.05) is 22.3 Å². The van der Waals surface area contributed by atoms with Gasteiger partial charge in [-0.05, 0) is 43.1 Å². The van der Waals surface area contributed by atoms with Crippen molar-refractivity contribution >= 4 is 17.5 Å². The highest BCUT2D eigenvalue weighted by molar-refractivity contribution is 8.04. The second-order valence-electron chi connectivity index (χ2n) is 6.16. The summed E-state index contributed by atoms with van der Waals surface area (Å²) in [5.41, 5.74) is 2.07. The lowest BCUT2D eigenvalue weighted by molar-refractivity contribution is -0.111. The molecule has 2 aliphatic carbocycles. The minimum atomic E-state index is 0.162. The van der Waals surface area contributed by atoms with E-state index in [0.29, 0.717) is 0 Å². The molecule has 0 saturated carbocycles. The minimum Gasteiger partial charge on any atom is -0.290 e. The van der Waals surface area contributed by atoms with E-state index in [0.717, 1.165) is 49.7 Å². The van der Waals surface area contributed by atoms with Crippen molar-refractivity contribution < 1.29 is 4.79 Å². The van der Waals surface area contributed by atoms with E-state index in [4.69, 9.17) is 0 Å². The van der Waals surface area contributed by atoms with Gasteiger partial charge in [0.15, 0.2) is 5.78 Å². The molecule has 0 aliphatic heterocycles. The lowest BCUT2D eigenvalue weighted by Gasteiger charge is -2.20. The van der Waals surface area contributed by atoms with Gasteiger partial charge in [0.1, 0.15) is 0 Å². The SMILES string of the molecule is CC(C)(C)S/C1=C/C(=O)C2=C(C#CCCC1)CCC2. The van der Waals surface area contributed by atoms with Gasteiger partial charge < -0.3 is 0 Å². The standard InChI is InChI=1S/C17H22OS/c1-17(2,3)19-14-10-6-4-5-8-13-9-7-11-15(13)16(18)12-14/h12H,4,6-7,9-11H2,1-3H3/b14-12+. The summed E-state index contributed by atoms with van der Waals surface area (Å²) in [6, 6.07) is 0. The van der Waals surface area contributed by atoms with Crippen LogP contribution in [0.1, 0.15) is 59.3 Å². The van der Waals surface area contributed by atoms with Gasteiger partial charge in [0.2, 0.25) is 0 Å². The summed E-state index contributed by atoms with van der Waals surface area (Å²) in [5.74, 6) is 6.66. The van der Waals surface area contributed by atoms with Crippen molar-refractivity contribution in [3.8, 4) is 11.8 Å². The van der Waals surface area contributed by atoms with Gasteiger partial charge in [-0.15, -0.1) is 11.8 Å². The number of carbonyl (C=O) groups excluding carboxylic acids is 1. The van der Waals surface area contributed by atoms with Crippen molar-refractivity contribution in [3.63, 3.8) is 0 Å². The molecule has 0 spiro atoms. The molecule has 0 aromatic carbocycles. The predicted molar refractivity (Wildman–Crippen MR) is 82.9 cm³/mol. The molecule has 2 rings (SSSR count). The van der Waals surface area contributed by atoms with Crippen LogP contribution in [0.4, 0.5) is 0 Å². The van der Waals surface area contributed by atoms with Crippen molar-refractivity contribution in [2.75, 3.05) is 0 Å². The van der Waals surface area contributed by atoms with E-state index in [1.54, 1.807) is 0 Å². The van der Waals surface area contributed by atoms with E-state index < -0.39 is 0 Å². The molecule has 0 amide bonds. The van der Waals surface area contributed by atoms with E-state index in [-0.39, 0.29) is 10.5 Å². The van der Waals surface area contributed by atoms with Crippen LogP contribution in [0.5, 0.6) is 0 Å². The van der Waals surface area contributed by atoms with Crippen LogP contribution >= 0.6 is 11.8 Å². The van der Waals surface area contributed by atoms with Crippen molar-refractivity contribution in [2.45, 2.75) is 64.0 Å². The second kappa shape index (κ2) is 6.01. The Balaban J connectivity index is 2.27. The Morgan fingerprint density at radius 2 is 1.95 bits per heavy atom. The lowest BCUT2D eigenvalue weighted by Crippen LogP contribution is -2.09. The van der Waals surface area contributed by atoms with Crippen molar-refractivity contribution in [2.24, 2.45) is 0 Å². The maximum absolute atomic E-state index is 12.4. The molecule has 2 aliphatic rings. The van der Waals surface area contributed by atoms with E-state index in [1.165, 1.54) is 4.91 Å². The first-order valence-electron chi connectivity index (χ1n) is 7.10. The summed E-state index contributed by atoms with van der Waals surface area (Å²) in [6.45, 7) is 6.59. The summed E-state index contributed by atoms with van der Waals surface area (Å²) >= 11 is 1.82. The molecule has 2 heteroatoms. The van der Waals surface area contributed by atoms with Gasteiger partial charge in [-0.1, -0.05) is 32.6 Å². The summed E-state index contributed by atoms with van der Waals surface area (Å²) < 4.78 is 0.162. The fraction of sp³-hybridized carbons (Fsp3) is 0.588. The van der Waals surface area contributed by atoms with Gasteiger partial charge in [0.05, 0.1) is 0 Å². The fourth-order valence-corrected chi connectivity index (χ4v) is 3.65. The van der Waals surface area contributed by atoms with Crippen LogP contribution in [0.25, 0.3) is 0 Å². The molecule has 1 nitrogen and oxygen atoms in total. The largest absolute Gasteiger partial charge is 0.290 e. The highest BCUT2D eigenvalue weighted by Crippen LogP contribution is 2.35. The van der Waals surface area contributed by atoms with E-state index in [9.17, 15) is 4.79 Å². The van der Waals surface area contributed by atoms with Crippen LogP contribution in [0.15, 0.2) is 22.1 Å². The highest BCUT2D eigenvalue weighted by Gasteiger charge is 2.21. The first-order chi connectivity index (χ1) is 8.96. The third-order valence-corrected chi connectivity index (χ3v) is 4.41. The third kappa shape index (κ3) is 4.28. The van der Waals surface area contributed by atoms with Gasteiger partial charge in [-0.2, -0.15) is 0 Å². The number of rotatable bonds is 1. The van der Waals surface area contributed by atoms with Crippen LogP contribution in [0.3, 0.4) is 0 Å². The molecule has 19 heavy (non-hydrogen) atoms. The van der Waals surface area contributed by atoms with Gasteiger partial charge in [0.25, 0.3) is 0 Å². The Hall–Kier alpha value is -0.940. The average Bonchev–Trinajstić information content (AvgIpc) is 2.74. The lowest BCUT2D eigenvalue weighted by atomic mass is 10.0. The zero-order valence-corrected chi connectivity index (χ0v) is 13.0. The minimum absolute atomic E-state index is 0.162. The summed E-state index contributed by atoms with van der Waals surface area (Å²) in [5, 5.41) is 0. The molecule has 0 unspecified atom stereocenters. The van der Waals surface area contributed by atoms with Crippen molar-refractivity contribution in [3.05, 3.63) is 22.1 Å². The molecular weight excluding hydrogens is 252 g/mol. The molecule has 0 heterocycles. The van der Waals surface area contributed by atoms with Crippen LogP contribution in [-0.4, -0.2) is 10.5 Å². The predicted octanol–water partition coefficient (Wildman–Crippen LogP) is 4.64. The summed E-state index contributed by atoms with van der Waals surface area (Å²) in [7, 11) is 0. The Morgan fingerprint density at radius 1 is 1.16 bits per heavy atom. The van der Waals surface area contributed by atoms with Gasteiger partial charge >= 0.3 is 0 Å². The molecular formula is C17H22OS. The zero-order valence-electron chi connectivity index (χ0n) is 12.1. The fourth-order valence-electron chi connectivity index (χ4n) is 2.45. The quantitative estimate of drug-likeness (QED) is 0.648. The van der Waals surface area contributed by atoms with Crippen LogP contribution in [0.2, 0.25) is 0 Å². The van der Waals surface area contributed by atoms with E-state index in [2.05, 4.69) is 32.6 Å². The molecule has 0 aromatic heterocycles. The number of thioether (sulfide) groups is 1. The number of hydrogen-bond donors (Lipinski definition) is 0. The first-order valence-corrected chi connectivity index (χ1v) is 7.92. The van der Waals surface area contributed by atoms with E-state index >= 15 is 0 Å². The highest BCUT2D eigenvalue weighted by atomic mass is 32.2. The molecule has 0 saturated heterocycles. The molecule has 0 fully saturated rings. The smallest absolute Gasteiger partial charge is 0.183 e. The first kappa shape index (κ1) is 14.5. The van der Waals surface area contributed by atoms with Crippen LogP contribution < -0.4 is 0 Å². The number of hydrogen-bond acceptors (Lipinski definition) is 2. The normalized spacial score (nSPS) is 23.3. The molecule has 0 atom stereocenters. The average molecular weight is 274 g/mol. The monoisotopic (exact) mass is 274 g/mol. The maximum Gasteiger partial charge on any atom is 0.183 e. The van der Waals surface area contributed by atoms with Crippen molar-refractivity contribution in [1.82, 2.24) is 0 Å². The van der Waals surface area contributed by atoms with Crippen LogP contribution in [0, 0.1) is 11.8 Å². The Labute approximate surface area is 120 Å². The topological polar surface area (TPSA) is 17.1 Å². The molecule has 0 N–H and O–H groups in total. The number of ketones is 1. The number of carbonyl (C=O) groups is 1. The maximum atomic E-state index is 12.4. The molecule has 0 bridgehead atoms. The molecule has 0 aromatic rings. The summed E-state index contributed by atoms with van der Waals surface area (Å²) in [6.07, 6.45) is 7.83. The van der Waals surface area contributed by atoms with Crippen LogP contribution in [-0.2, 0) is 4.79 Å². The van der Waals surface area contributed by atoms with E-state index in [1.807, 2.05) is 17.8 Å². The Kier molecular flexibility index (Phi) is 4.58. The molecule has 0 radical (unpaired) electrons. The van der Waals surface area contributed by atoms with Gasteiger partial charge in [-0.3, -0.25) is 4.79 Å². The second-order valence-corrected chi connectivity index (χ2v) is 8.11. The molecule has 102 valence electrons. The summed E-state index contributed by atoms with van der Waals surface area (Å²) in [4.78, 5) is 13.6. The third-order valence-electron chi connectivity index (χ3n) is 3.21. The Morgan fingerprint density at radius 3 is 2.68 bits per heavy atom. The number of allylic oxidation sites excluding steroid dienone is 4. The Bertz CT molecular complexity index is 492. The van der Waals surface area contributed by atoms with Crippen molar-refractivity contribution in [1.29, 1.82) is 0 Å². The van der Waals surface area contributed by atoms with Gasteiger partial charge in [-0.25, -0.2) is 0 Å². The zero-order chi connectivity index (χ0) is 13.9.